The predicted octanol–water partition coefficient (Wildman–Crippen LogP) is 2.61. The van der Waals surface area contributed by atoms with E-state index in [1.807, 2.05) is 6.92 Å². The number of carbonyl (C=O) groups excluding carboxylic acids is 1. The number of benzene rings is 2. The van der Waals surface area contributed by atoms with Crippen molar-refractivity contribution in [1.82, 2.24) is 20.2 Å². The number of esters is 1. The maximum absolute atomic E-state index is 11.9. The summed E-state index contributed by atoms with van der Waals surface area (Å²) in [5.41, 5.74) is 1.52. The third-order valence-corrected chi connectivity index (χ3v) is 3.38. The van der Waals surface area contributed by atoms with Crippen molar-refractivity contribution < 1.29 is 14.3 Å². The van der Waals surface area contributed by atoms with Crippen LogP contribution in [0.25, 0.3) is 5.69 Å². The largest absolute Gasteiger partial charge is 0.482 e. The van der Waals surface area contributed by atoms with Gasteiger partial charge in [0.2, 0.25) is 0 Å². The molecule has 3 rings (SSSR count). The van der Waals surface area contributed by atoms with E-state index in [-0.39, 0.29) is 6.61 Å². The van der Waals surface area contributed by atoms with E-state index in [1.54, 1.807) is 42.5 Å². The molecule has 3 aromatic rings. The van der Waals surface area contributed by atoms with E-state index in [2.05, 4.69) is 15.5 Å². The van der Waals surface area contributed by atoms with Crippen LogP contribution in [0.1, 0.15) is 5.56 Å². The van der Waals surface area contributed by atoms with E-state index in [4.69, 9.17) is 21.1 Å². The molecule has 8 heteroatoms. The Hall–Kier alpha value is -2.93. The van der Waals surface area contributed by atoms with Gasteiger partial charge in [-0.05, 0) is 53.2 Å². The number of aromatic nitrogens is 4. The number of halogens is 1. The quantitative estimate of drug-likeness (QED) is 0.523. The minimum atomic E-state index is -0.516. The maximum Gasteiger partial charge on any atom is 0.349 e. The maximum atomic E-state index is 11.9. The van der Waals surface area contributed by atoms with Gasteiger partial charge in [-0.1, -0.05) is 17.7 Å². The van der Waals surface area contributed by atoms with Crippen LogP contribution in [0.4, 0.5) is 0 Å². The van der Waals surface area contributed by atoms with E-state index in [1.165, 1.54) is 11.0 Å². The second-order valence-electron chi connectivity index (χ2n) is 4.92. The number of rotatable bonds is 5. The van der Waals surface area contributed by atoms with Crippen molar-refractivity contribution in [3.8, 4) is 17.2 Å². The molecule has 122 valence electrons. The lowest BCUT2D eigenvalue weighted by molar-refractivity contribution is -0.136. The number of hydrogen-bond acceptors (Lipinski definition) is 6. The average Bonchev–Trinajstić information content (AvgIpc) is 3.09. The van der Waals surface area contributed by atoms with Gasteiger partial charge in [-0.3, -0.25) is 0 Å². The first kappa shape index (κ1) is 15.9. The van der Waals surface area contributed by atoms with Crippen molar-refractivity contribution in [1.29, 1.82) is 0 Å². The molecule has 1 aromatic heterocycles. The van der Waals surface area contributed by atoms with Crippen LogP contribution in [0.3, 0.4) is 0 Å². The Morgan fingerprint density at radius 2 is 2.12 bits per heavy atom. The number of nitrogens with zero attached hydrogens (tertiary/aromatic N) is 4. The minimum Gasteiger partial charge on any atom is -0.482 e. The summed E-state index contributed by atoms with van der Waals surface area (Å²) in [7, 11) is 0. The molecule has 0 aliphatic heterocycles. The zero-order valence-electron chi connectivity index (χ0n) is 12.7. The monoisotopic (exact) mass is 344 g/mol. The van der Waals surface area contributed by atoms with E-state index in [0.717, 1.165) is 5.56 Å². The van der Waals surface area contributed by atoms with Crippen LogP contribution in [0.2, 0.25) is 5.02 Å². The molecule has 0 aliphatic rings. The lowest BCUT2D eigenvalue weighted by Gasteiger charge is -2.09. The second kappa shape index (κ2) is 7.10. The fourth-order valence-electron chi connectivity index (χ4n) is 2.04. The highest BCUT2D eigenvalue weighted by atomic mass is 35.5. The van der Waals surface area contributed by atoms with Crippen molar-refractivity contribution in [2.24, 2.45) is 0 Å². The fraction of sp³-hybridized carbons (Fsp3) is 0.125. The van der Waals surface area contributed by atoms with Gasteiger partial charge in [0.1, 0.15) is 17.8 Å². The molecule has 0 N–H and O–H groups in total. The topological polar surface area (TPSA) is 79.1 Å². The minimum absolute atomic E-state index is 0.211. The molecule has 0 spiro atoms. The van der Waals surface area contributed by atoms with Crippen LogP contribution in [-0.2, 0) is 4.79 Å². The molecule has 0 fully saturated rings. The zero-order chi connectivity index (χ0) is 16.9. The SMILES string of the molecule is Cc1cc(Cl)ccc1OCC(=O)Oc1cccc(-n2cnnn2)c1. The lowest BCUT2D eigenvalue weighted by Crippen LogP contribution is -2.18. The van der Waals surface area contributed by atoms with Gasteiger partial charge >= 0.3 is 5.97 Å². The van der Waals surface area contributed by atoms with E-state index >= 15 is 0 Å². The molecule has 0 saturated heterocycles. The molecule has 0 amide bonds. The molecular weight excluding hydrogens is 332 g/mol. The van der Waals surface area contributed by atoms with Crippen LogP contribution in [0.15, 0.2) is 48.8 Å². The van der Waals surface area contributed by atoms with Gasteiger partial charge in [0.05, 0.1) is 5.69 Å². The first-order chi connectivity index (χ1) is 11.6. The summed E-state index contributed by atoms with van der Waals surface area (Å²) >= 11 is 5.88. The Kier molecular flexibility index (Phi) is 4.72. The zero-order valence-corrected chi connectivity index (χ0v) is 13.5. The highest BCUT2D eigenvalue weighted by Crippen LogP contribution is 2.22. The molecule has 24 heavy (non-hydrogen) atoms. The van der Waals surface area contributed by atoms with Crippen LogP contribution in [0, 0.1) is 6.92 Å². The third kappa shape index (κ3) is 3.88. The molecule has 2 aromatic carbocycles. The van der Waals surface area contributed by atoms with Gasteiger partial charge in [0, 0.05) is 11.1 Å². The summed E-state index contributed by atoms with van der Waals surface area (Å²) in [5, 5.41) is 11.5. The van der Waals surface area contributed by atoms with E-state index in [9.17, 15) is 4.79 Å². The second-order valence-corrected chi connectivity index (χ2v) is 5.36. The van der Waals surface area contributed by atoms with Gasteiger partial charge in [0.15, 0.2) is 6.61 Å². The summed E-state index contributed by atoms with van der Waals surface area (Å²) in [6.45, 7) is 1.64. The molecular formula is C16H13ClN4O3. The van der Waals surface area contributed by atoms with Crippen molar-refractivity contribution in [3.63, 3.8) is 0 Å². The van der Waals surface area contributed by atoms with Gasteiger partial charge in [-0.25, -0.2) is 9.48 Å². The van der Waals surface area contributed by atoms with Crippen molar-refractivity contribution >= 4 is 17.6 Å². The normalized spacial score (nSPS) is 10.4. The number of carbonyl (C=O) groups is 1. The van der Waals surface area contributed by atoms with E-state index < -0.39 is 5.97 Å². The summed E-state index contributed by atoms with van der Waals surface area (Å²) < 4.78 is 12.2. The molecule has 0 aliphatic carbocycles. The molecule has 0 atom stereocenters. The standard InChI is InChI=1S/C16H13ClN4O3/c1-11-7-12(17)5-6-15(11)23-9-16(22)24-14-4-2-3-13(8-14)21-10-18-19-20-21/h2-8,10H,9H2,1H3. The predicted molar refractivity (Wildman–Crippen MR) is 86.5 cm³/mol. The van der Waals surface area contributed by atoms with Crippen molar-refractivity contribution in [2.75, 3.05) is 6.61 Å². The first-order valence-electron chi connectivity index (χ1n) is 7.05. The van der Waals surface area contributed by atoms with Crippen LogP contribution in [0.5, 0.6) is 11.5 Å². The summed E-state index contributed by atoms with van der Waals surface area (Å²) in [5.74, 6) is 0.446. The molecule has 0 bridgehead atoms. The lowest BCUT2D eigenvalue weighted by atomic mass is 10.2. The van der Waals surface area contributed by atoms with Gasteiger partial charge in [-0.2, -0.15) is 0 Å². The van der Waals surface area contributed by atoms with Crippen molar-refractivity contribution in [2.45, 2.75) is 6.92 Å². The summed E-state index contributed by atoms with van der Waals surface area (Å²) in [6.07, 6.45) is 1.45. The van der Waals surface area contributed by atoms with Gasteiger partial charge in [0.25, 0.3) is 0 Å². The Morgan fingerprint density at radius 1 is 1.25 bits per heavy atom. The molecule has 0 saturated carbocycles. The number of aryl methyl sites for hydroxylation is 1. The van der Waals surface area contributed by atoms with Gasteiger partial charge in [-0.15, -0.1) is 5.10 Å². The van der Waals surface area contributed by atoms with Crippen molar-refractivity contribution in [3.05, 3.63) is 59.4 Å². The third-order valence-electron chi connectivity index (χ3n) is 3.15. The average molecular weight is 345 g/mol. The summed E-state index contributed by atoms with van der Waals surface area (Å²) in [6, 6.07) is 12.0. The smallest absolute Gasteiger partial charge is 0.349 e. The Morgan fingerprint density at radius 3 is 2.88 bits per heavy atom. The highest BCUT2D eigenvalue weighted by Gasteiger charge is 2.09. The number of hydrogen-bond donors (Lipinski definition) is 0. The van der Waals surface area contributed by atoms with Crippen LogP contribution < -0.4 is 9.47 Å². The Bertz CT molecular complexity index is 852. The number of ether oxygens (including phenoxy) is 2. The van der Waals surface area contributed by atoms with Crippen LogP contribution >= 0.6 is 11.6 Å². The Balaban J connectivity index is 1.62. The fourth-order valence-corrected chi connectivity index (χ4v) is 2.27. The molecule has 1 heterocycles. The number of tetrazole rings is 1. The molecule has 7 nitrogen and oxygen atoms in total. The Labute approximate surface area is 142 Å². The molecule has 0 radical (unpaired) electrons. The molecule has 0 unspecified atom stereocenters. The van der Waals surface area contributed by atoms with E-state index in [0.29, 0.717) is 22.2 Å². The highest BCUT2D eigenvalue weighted by molar-refractivity contribution is 6.30. The van der Waals surface area contributed by atoms with Crippen LogP contribution in [-0.4, -0.2) is 32.8 Å². The van der Waals surface area contributed by atoms with Gasteiger partial charge < -0.3 is 9.47 Å². The first-order valence-corrected chi connectivity index (χ1v) is 7.43. The summed E-state index contributed by atoms with van der Waals surface area (Å²) in [4.78, 5) is 11.9.